The van der Waals surface area contributed by atoms with Crippen LogP contribution in [0.25, 0.3) is 0 Å². The number of fused-ring (bicyclic) bond motifs is 3. The number of hydrogen-bond donors (Lipinski definition) is 4. The Labute approximate surface area is 148 Å². The molecule has 2 bridgehead atoms. The second-order valence-electron chi connectivity index (χ2n) is 9.86. The molecule has 5 nitrogen and oxygen atoms in total. The van der Waals surface area contributed by atoms with Crippen LogP contribution in [0.15, 0.2) is 12.2 Å². The van der Waals surface area contributed by atoms with Gasteiger partial charge in [-0.2, -0.15) is 0 Å². The lowest BCUT2D eigenvalue weighted by molar-refractivity contribution is -0.243. The molecule has 5 heteroatoms. The average molecular weight is 350 g/mol. The van der Waals surface area contributed by atoms with E-state index in [1.807, 2.05) is 0 Å². The van der Waals surface area contributed by atoms with Crippen molar-refractivity contribution in [3.63, 3.8) is 0 Å². The van der Waals surface area contributed by atoms with E-state index in [0.717, 1.165) is 12.8 Å². The maximum atomic E-state index is 12.1. The molecule has 4 aliphatic rings. The van der Waals surface area contributed by atoms with Crippen LogP contribution >= 0.6 is 0 Å². The third kappa shape index (κ3) is 1.92. The number of hydrogen-bond acceptors (Lipinski definition) is 4. The highest BCUT2D eigenvalue weighted by Crippen LogP contribution is 2.72. The lowest BCUT2D eigenvalue weighted by Crippen LogP contribution is -2.66. The number of aliphatic hydroxyl groups excluding tert-OH is 2. The Balaban J connectivity index is 1.85. The number of carboxylic acid groups (broad SMARTS) is 1. The highest BCUT2D eigenvalue weighted by molar-refractivity contribution is 5.75. The zero-order valence-electron chi connectivity index (χ0n) is 15.2. The number of rotatable bonds is 1. The van der Waals surface area contributed by atoms with E-state index in [9.17, 15) is 25.2 Å². The van der Waals surface area contributed by atoms with Crippen LogP contribution in [0, 0.1) is 28.1 Å². The zero-order chi connectivity index (χ0) is 18.4. The van der Waals surface area contributed by atoms with Gasteiger partial charge in [0.05, 0.1) is 23.2 Å². The van der Waals surface area contributed by atoms with Crippen molar-refractivity contribution in [2.24, 2.45) is 28.1 Å². The van der Waals surface area contributed by atoms with Gasteiger partial charge in [0, 0.05) is 11.8 Å². The van der Waals surface area contributed by atoms with Gasteiger partial charge in [0.1, 0.15) is 0 Å². The molecule has 4 saturated carbocycles. The van der Waals surface area contributed by atoms with Crippen molar-refractivity contribution in [1.82, 2.24) is 0 Å². The summed E-state index contributed by atoms with van der Waals surface area (Å²) in [6.07, 6.45) is 2.47. The van der Waals surface area contributed by atoms with Gasteiger partial charge in [-0.15, -0.1) is 0 Å². The van der Waals surface area contributed by atoms with E-state index in [1.54, 1.807) is 6.92 Å². The Morgan fingerprint density at radius 1 is 1.24 bits per heavy atom. The summed E-state index contributed by atoms with van der Waals surface area (Å²) >= 11 is 0. The van der Waals surface area contributed by atoms with Gasteiger partial charge in [-0.05, 0) is 61.9 Å². The first kappa shape index (κ1) is 17.5. The summed E-state index contributed by atoms with van der Waals surface area (Å²) < 4.78 is 0. The minimum atomic E-state index is -1.09. The van der Waals surface area contributed by atoms with Crippen molar-refractivity contribution < 1.29 is 25.2 Å². The van der Waals surface area contributed by atoms with Gasteiger partial charge in [0.25, 0.3) is 0 Å². The van der Waals surface area contributed by atoms with Crippen LogP contribution in [0.3, 0.4) is 0 Å². The van der Waals surface area contributed by atoms with Crippen molar-refractivity contribution >= 4 is 5.97 Å². The molecule has 0 heterocycles. The van der Waals surface area contributed by atoms with E-state index in [4.69, 9.17) is 0 Å². The van der Waals surface area contributed by atoms with Crippen molar-refractivity contribution in [3.8, 4) is 0 Å². The van der Waals surface area contributed by atoms with Crippen molar-refractivity contribution in [2.75, 3.05) is 0 Å². The van der Waals surface area contributed by atoms with Crippen molar-refractivity contribution in [2.45, 2.75) is 76.6 Å². The molecule has 1 spiro atoms. The van der Waals surface area contributed by atoms with Crippen LogP contribution in [0.1, 0.15) is 58.8 Å². The van der Waals surface area contributed by atoms with Crippen LogP contribution in [0.2, 0.25) is 0 Å². The highest BCUT2D eigenvalue weighted by atomic mass is 16.4. The topological polar surface area (TPSA) is 98.0 Å². The van der Waals surface area contributed by atoms with Gasteiger partial charge < -0.3 is 20.4 Å². The maximum absolute atomic E-state index is 12.1. The standard InChI is InChI=1S/C20H30O5/c1-11-8-19-10-20(11,25)9-12(21)15(19)17(2)5-4-6-18(3,16(23)24)13(17)7-14(19)22/h12-15,21-22,25H,1,4-10H2,2-3H3,(H,23,24)/t12-,13-,14+,15-,17-,18-,19-,20+/m1/s1. The molecule has 25 heavy (non-hydrogen) atoms. The fourth-order valence-electron chi connectivity index (χ4n) is 7.64. The summed E-state index contributed by atoms with van der Waals surface area (Å²) in [6, 6.07) is 0. The second kappa shape index (κ2) is 4.87. The van der Waals surface area contributed by atoms with Crippen molar-refractivity contribution in [1.29, 1.82) is 0 Å². The van der Waals surface area contributed by atoms with Crippen LogP contribution in [-0.2, 0) is 4.79 Å². The van der Waals surface area contributed by atoms with Gasteiger partial charge in [-0.3, -0.25) is 4.79 Å². The molecule has 0 saturated heterocycles. The fraction of sp³-hybridized carbons (Fsp3) is 0.850. The highest BCUT2D eigenvalue weighted by Gasteiger charge is 2.72. The van der Waals surface area contributed by atoms with Crippen LogP contribution in [0.5, 0.6) is 0 Å². The number of aliphatic hydroxyl groups is 3. The third-order valence-electron chi connectivity index (χ3n) is 8.67. The normalized spacial score (nSPS) is 57.7. The van der Waals surface area contributed by atoms with Crippen LogP contribution in [-0.4, -0.2) is 44.2 Å². The Hall–Kier alpha value is -0.910. The molecule has 0 aromatic carbocycles. The average Bonchev–Trinajstić information content (AvgIpc) is 2.69. The first-order chi connectivity index (χ1) is 11.5. The minimum absolute atomic E-state index is 0.174. The molecule has 0 aromatic heterocycles. The van der Waals surface area contributed by atoms with E-state index in [-0.39, 0.29) is 23.7 Å². The summed E-state index contributed by atoms with van der Waals surface area (Å²) in [6.45, 7) is 7.96. The zero-order valence-corrected chi connectivity index (χ0v) is 15.2. The predicted octanol–water partition coefficient (Wildman–Crippen LogP) is 2.10. The largest absolute Gasteiger partial charge is 0.481 e. The molecule has 4 rings (SSSR count). The SMILES string of the molecule is C=C1C[C@]23C[C@@]1(O)C[C@@H](O)[C@@H]2[C@]1(C)CCC[C@@](C)(C(=O)O)[C@@H]1C[C@@H]3O. The van der Waals surface area contributed by atoms with E-state index in [1.165, 1.54) is 0 Å². The summed E-state index contributed by atoms with van der Waals surface area (Å²) in [4.78, 5) is 12.1. The Bertz CT molecular complexity index is 646. The monoisotopic (exact) mass is 350 g/mol. The molecule has 4 N–H and O–H groups in total. The van der Waals surface area contributed by atoms with Gasteiger partial charge in [-0.1, -0.05) is 19.9 Å². The minimum Gasteiger partial charge on any atom is -0.481 e. The van der Waals surface area contributed by atoms with E-state index in [2.05, 4.69) is 13.5 Å². The number of carboxylic acids is 1. The molecular weight excluding hydrogens is 320 g/mol. The lowest BCUT2D eigenvalue weighted by Gasteiger charge is -2.66. The van der Waals surface area contributed by atoms with Gasteiger partial charge in [0.15, 0.2) is 0 Å². The third-order valence-corrected chi connectivity index (χ3v) is 8.67. The predicted molar refractivity (Wildman–Crippen MR) is 91.7 cm³/mol. The summed E-state index contributed by atoms with van der Waals surface area (Å²) in [5.74, 6) is -1.18. The second-order valence-corrected chi connectivity index (χ2v) is 9.86. The Morgan fingerprint density at radius 3 is 2.56 bits per heavy atom. The first-order valence-corrected chi connectivity index (χ1v) is 9.50. The molecule has 0 amide bonds. The first-order valence-electron chi connectivity index (χ1n) is 9.50. The van der Waals surface area contributed by atoms with Crippen LogP contribution in [0.4, 0.5) is 0 Å². The van der Waals surface area contributed by atoms with E-state index >= 15 is 0 Å². The van der Waals surface area contributed by atoms with Crippen LogP contribution < -0.4 is 0 Å². The van der Waals surface area contributed by atoms with E-state index in [0.29, 0.717) is 31.3 Å². The fourth-order valence-corrected chi connectivity index (χ4v) is 7.64. The summed E-state index contributed by atoms with van der Waals surface area (Å²) in [5.41, 5.74) is -2.18. The Morgan fingerprint density at radius 2 is 1.92 bits per heavy atom. The molecule has 0 unspecified atom stereocenters. The quantitative estimate of drug-likeness (QED) is 0.543. The number of aliphatic carboxylic acids is 1. The molecule has 4 fully saturated rings. The summed E-state index contributed by atoms with van der Waals surface area (Å²) in [7, 11) is 0. The van der Waals surface area contributed by atoms with E-state index < -0.39 is 34.6 Å². The molecule has 0 aromatic rings. The summed E-state index contributed by atoms with van der Waals surface area (Å²) in [5, 5.41) is 43.0. The molecular formula is C20H30O5. The molecule has 8 atom stereocenters. The van der Waals surface area contributed by atoms with Crippen molar-refractivity contribution in [3.05, 3.63) is 12.2 Å². The lowest BCUT2D eigenvalue weighted by atomic mass is 9.39. The molecule has 0 radical (unpaired) electrons. The van der Waals surface area contributed by atoms with Gasteiger partial charge in [-0.25, -0.2) is 0 Å². The van der Waals surface area contributed by atoms with Gasteiger partial charge in [0.2, 0.25) is 0 Å². The maximum Gasteiger partial charge on any atom is 0.309 e. The number of carbonyl (C=O) groups is 1. The smallest absolute Gasteiger partial charge is 0.309 e. The molecule has 140 valence electrons. The Kier molecular flexibility index (Phi) is 3.41. The van der Waals surface area contributed by atoms with Gasteiger partial charge >= 0.3 is 5.97 Å². The molecule has 0 aliphatic heterocycles. The molecule has 4 aliphatic carbocycles.